The summed E-state index contributed by atoms with van der Waals surface area (Å²) in [5, 5.41) is 4.87. The summed E-state index contributed by atoms with van der Waals surface area (Å²) in [6.07, 6.45) is 2.45. The van der Waals surface area contributed by atoms with Gasteiger partial charge in [-0.3, -0.25) is 4.79 Å². The van der Waals surface area contributed by atoms with Gasteiger partial charge < -0.3 is 9.88 Å². The lowest BCUT2D eigenvalue weighted by molar-refractivity contribution is 0.515. The molecule has 1 atom stereocenters. The molecule has 6 heteroatoms. The molecule has 1 N–H and O–H groups in total. The number of hydrogen-bond acceptors (Lipinski definition) is 4. The molecular formula is C15H18N2O3S. The van der Waals surface area contributed by atoms with Crippen molar-refractivity contribution in [3.05, 3.63) is 46.9 Å². The minimum atomic E-state index is -2.86. The van der Waals surface area contributed by atoms with Gasteiger partial charge in [-0.25, -0.2) is 8.42 Å². The second-order valence-electron chi connectivity index (χ2n) is 5.46. The van der Waals surface area contributed by atoms with Crippen LogP contribution in [0.5, 0.6) is 0 Å². The van der Waals surface area contributed by atoms with Crippen molar-refractivity contribution in [2.24, 2.45) is 0 Å². The number of sulfone groups is 1. The first-order valence-electron chi connectivity index (χ1n) is 7.07. The van der Waals surface area contributed by atoms with E-state index in [1.54, 1.807) is 10.8 Å². The maximum Gasteiger partial charge on any atom is 0.258 e. The summed E-state index contributed by atoms with van der Waals surface area (Å²) >= 11 is 0. The lowest BCUT2D eigenvalue weighted by Crippen LogP contribution is -2.34. The quantitative estimate of drug-likeness (QED) is 0.906. The Labute approximate surface area is 123 Å². The number of aromatic nitrogens is 1. The van der Waals surface area contributed by atoms with Gasteiger partial charge in [0, 0.05) is 30.7 Å². The minimum absolute atomic E-state index is 0.00561. The number of hydrogen-bond donors (Lipinski definition) is 1. The van der Waals surface area contributed by atoms with Crippen LogP contribution < -0.4 is 10.9 Å². The van der Waals surface area contributed by atoms with Crippen molar-refractivity contribution in [3.63, 3.8) is 0 Å². The van der Waals surface area contributed by atoms with Gasteiger partial charge in [-0.2, -0.15) is 0 Å². The SMILES string of the molecule is O=c1c2ccccc2ccn1CCNC1CCS(=O)(=O)C1. The van der Waals surface area contributed by atoms with E-state index >= 15 is 0 Å². The zero-order valence-electron chi connectivity index (χ0n) is 11.7. The molecule has 0 saturated carbocycles. The number of nitrogens with one attached hydrogen (secondary N) is 1. The maximum atomic E-state index is 12.3. The summed E-state index contributed by atoms with van der Waals surface area (Å²) in [7, 11) is -2.86. The lowest BCUT2D eigenvalue weighted by Gasteiger charge is -2.12. The van der Waals surface area contributed by atoms with Crippen molar-refractivity contribution in [2.45, 2.75) is 19.0 Å². The first-order valence-corrected chi connectivity index (χ1v) is 8.89. The summed E-state index contributed by atoms with van der Waals surface area (Å²) in [5.41, 5.74) is -0.00561. The van der Waals surface area contributed by atoms with Crippen molar-refractivity contribution in [3.8, 4) is 0 Å². The molecular weight excluding hydrogens is 288 g/mol. The zero-order valence-corrected chi connectivity index (χ0v) is 12.5. The minimum Gasteiger partial charge on any atom is -0.314 e. The monoisotopic (exact) mass is 306 g/mol. The highest BCUT2D eigenvalue weighted by atomic mass is 32.2. The summed E-state index contributed by atoms with van der Waals surface area (Å²) in [6.45, 7) is 1.14. The van der Waals surface area contributed by atoms with Crippen molar-refractivity contribution < 1.29 is 8.42 Å². The van der Waals surface area contributed by atoms with Crippen LogP contribution in [0.2, 0.25) is 0 Å². The summed E-state index contributed by atoms with van der Waals surface area (Å²) in [6, 6.07) is 9.46. The molecule has 0 aliphatic carbocycles. The molecule has 21 heavy (non-hydrogen) atoms. The zero-order chi connectivity index (χ0) is 14.9. The second kappa shape index (κ2) is 5.61. The molecule has 3 rings (SSSR count). The van der Waals surface area contributed by atoms with E-state index in [0.29, 0.717) is 24.9 Å². The molecule has 5 nitrogen and oxygen atoms in total. The highest BCUT2D eigenvalue weighted by Crippen LogP contribution is 2.11. The van der Waals surface area contributed by atoms with E-state index in [-0.39, 0.29) is 23.1 Å². The van der Waals surface area contributed by atoms with Gasteiger partial charge >= 0.3 is 0 Å². The Morgan fingerprint density at radius 2 is 2.05 bits per heavy atom. The Morgan fingerprint density at radius 3 is 2.81 bits per heavy atom. The van der Waals surface area contributed by atoms with E-state index < -0.39 is 9.84 Å². The molecule has 0 bridgehead atoms. The molecule has 1 fully saturated rings. The van der Waals surface area contributed by atoms with Gasteiger partial charge in [0.05, 0.1) is 11.5 Å². The molecule has 1 unspecified atom stereocenters. The van der Waals surface area contributed by atoms with Crippen LogP contribution in [0.3, 0.4) is 0 Å². The highest BCUT2D eigenvalue weighted by molar-refractivity contribution is 7.91. The molecule has 1 aromatic carbocycles. The van der Waals surface area contributed by atoms with E-state index in [9.17, 15) is 13.2 Å². The van der Waals surface area contributed by atoms with Gasteiger partial charge in [0.25, 0.3) is 5.56 Å². The number of nitrogens with zero attached hydrogens (tertiary/aromatic N) is 1. The first-order chi connectivity index (χ1) is 10.1. The summed E-state index contributed by atoms with van der Waals surface area (Å²) in [4.78, 5) is 12.3. The third-order valence-corrected chi connectivity index (χ3v) is 5.67. The molecule has 1 aliphatic heterocycles. The summed E-state index contributed by atoms with van der Waals surface area (Å²) < 4.78 is 24.4. The van der Waals surface area contributed by atoms with E-state index in [2.05, 4.69) is 5.32 Å². The molecule has 1 saturated heterocycles. The Hall–Kier alpha value is -1.66. The largest absolute Gasteiger partial charge is 0.314 e. The topological polar surface area (TPSA) is 68.2 Å². The first kappa shape index (κ1) is 14.3. The van der Waals surface area contributed by atoms with Crippen LogP contribution in [0.4, 0.5) is 0 Å². The van der Waals surface area contributed by atoms with Crippen LogP contribution in [0, 0.1) is 0 Å². The van der Waals surface area contributed by atoms with Crippen molar-refractivity contribution in [1.29, 1.82) is 0 Å². The normalized spacial score (nSPS) is 20.9. The average molecular weight is 306 g/mol. The molecule has 0 amide bonds. The van der Waals surface area contributed by atoms with Gasteiger partial charge in [-0.1, -0.05) is 18.2 Å². The molecule has 1 aliphatic rings. The van der Waals surface area contributed by atoms with Crippen molar-refractivity contribution in [1.82, 2.24) is 9.88 Å². The fourth-order valence-corrected chi connectivity index (χ4v) is 4.46. The number of pyridine rings is 1. The van der Waals surface area contributed by atoms with Crippen LogP contribution in [0.15, 0.2) is 41.3 Å². The van der Waals surface area contributed by atoms with E-state index in [0.717, 1.165) is 5.39 Å². The Kier molecular flexibility index (Phi) is 3.82. The highest BCUT2D eigenvalue weighted by Gasteiger charge is 2.27. The summed E-state index contributed by atoms with van der Waals surface area (Å²) in [5.74, 6) is 0.472. The Morgan fingerprint density at radius 1 is 1.24 bits per heavy atom. The average Bonchev–Trinajstić information content (AvgIpc) is 2.81. The predicted molar refractivity (Wildman–Crippen MR) is 83.3 cm³/mol. The third-order valence-electron chi connectivity index (χ3n) is 3.90. The molecule has 112 valence electrons. The third kappa shape index (κ3) is 3.16. The number of fused-ring (bicyclic) bond motifs is 1. The number of rotatable bonds is 4. The van der Waals surface area contributed by atoms with Crippen LogP contribution in [-0.4, -0.2) is 37.1 Å². The van der Waals surface area contributed by atoms with Crippen LogP contribution in [0.25, 0.3) is 10.8 Å². The van der Waals surface area contributed by atoms with Crippen LogP contribution >= 0.6 is 0 Å². The van der Waals surface area contributed by atoms with E-state index in [1.165, 1.54) is 0 Å². The molecule has 0 radical (unpaired) electrons. The van der Waals surface area contributed by atoms with Crippen LogP contribution in [0.1, 0.15) is 6.42 Å². The Balaban J connectivity index is 1.66. The van der Waals surface area contributed by atoms with Crippen LogP contribution in [-0.2, 0) is 16.4 Å². The van der Waals surface area contributed by atoms with E-state index in [1.807, 2.05) is 30.3 Å². The standard InChI is InChI=1S/C15H18N2O3S/c18-15-14-4-2-1-3-12(14)5-8-17(15)9-7-16-13-6-10-21(19,20)11-13/h1-5,8,13,16H,6-7,9-11H2. The van der Waals surface area contributed by atoms with Gasteiger partial charge in [0.2, 0.25) is 0 Å². The fraction of sp³-hybridized carbons (Fsp3) is 0.400. The van der Waals surface area contributed by atoms with Gasteiger partial charge in [-0.15, -0.1) is 0 Å². The Bertz CT molecular complexity index is 811. The lowest BCUT2D eigenvalue weighted by atomic mass is 10.2. The molecule has 2 aromatic rings. The van der Waals surface area contributed by atoms with Gasteiger partial charge in [0.1, 0.15) is 0 Å². The van der Waals surface area contributed by atoms with Crippen molar-refractivity contribution in [2.75, 3.05) is 18.1 Å². The predicted octanol–water partition coefficient (Wildman–Crippen LogP) is 0.778. The maximum absolute atomic E-state index is 12.3. The van der Waals surface area contributed by atoms with Crippen molar-refractivity contribution >= 4 is 20.6 Å². The van der Waals surface area contributed by atoms with Gasteiger partial charge in [0.15, 0.2) is 9.84 Å². The molecule has 1 aromatic heterocycles. The second-order valence-corrected chi connectivity index (χ2v) is 7.68. The van der Waals surface area contributed by atoms with Gasteiger partial charge in [-0.05, 0) is 23.9 Å². The smallest absolute Gasteiger partial charge is 0.258 e. The number of benzene rings is 1. The van der Waals surface area contributed by atoms with E-state index in [4.69, 9.17) is 0 Å². The molecule has 0 spiro atoms. The fourth-order valence-electron chi connectivity index (χ4n) is 2.75. The molecule has 2 heterocycles.